The van der Waals surface area contributed by atoms with Gasteiger partial charge in [0.2, 0.25) is 11.8 Å². The Morgan fingerprint density at radius 1 is 0.959 bits per heavy atom. The second-order valence-electron chi connectivity index (χ2n) is 19.9. The summed E-state index contributed by atoms with van der Waals surface area (Å²) in [7, 11) is 0. The molecule has 15 nitrogen and oxygen atoms in total. The number of hydrogen-bond donors (Lipinski definition) is 2. The minimum atomic E-state index is -4.87. The van der Waals surface area contributed by atoms with Crippen LogP contribution in [0.2, 0.25) is 0 Å². The molecule has 19 heteroatoms. The highest BCUT2D eigenvalue weighted by Gasteiger charge is 2.51. The van der Waals surface area contributed by atoms with Crippen molar-refractivity contribution < 1.29 is 51.3 Å². The molecule has 0 unspecified atom stereocenters. The van der Waals surface area contributed by atoms with Crippen LogP contribution in [0, 0.1) is 23.7 Å². The number of oxazole rings is 1. The number of nitrogens with one attached hydrogen (secondary N) is 1. The number of carbonyl (C=O) groups is 4. The molecule has 7 rings (SSSR count). The molecule has 3 amide bonds. The number of aliphatic hydroxyl groups excluding tert-OH is 1. The van der Waals surface area contributed by atoms with Gasteiger partial charge in [-0.05, 0) is 104 Å². The van der Waals surface area contributed by atoms with E-state index in [1.54, 1.807) is 30.9 Å². The van der Waals surface area contributed by atoms with Crippen molar-refractivity contribution in [1.82, 2.24) is 20.2 Å². The zero-order chi connectivity index (χ0) is 53.0. The fraction of sp³-hybridized carbons (Fsp3) is 0.407. The van der Waals surface area contributed by atoms with Gasteiger partial charge in [0.15, 0.2) is 28.7 Å². The van der Waals surface area contributed by atoms with E-state index in [0.717, 1.165) is 39.0 Å². The summed E-state index contributed by atoms with van der Waals surface area (Å²) in [5, 5.41) is 22.6. The van der Waals surface area contributed by atoms with Crippen LogP contribution in [0.3, 0.4) is 0 Å². The first-order valence-electron chi connectivity index (χ1n) is 23.9. The second kappa shape index (κ2) is 22.0. The second-order valence-corrected chi connectivity index (χ2v) is 20.3. The lowest BCUT2D eigenvalue weighted by molar-refractivity contribution is -0.144. The molecule has 0 bridgehead atoms. The third-order valence-electron chi connectivity index (χ3n) is 13.1. The number of rotatable bonds is 18. The molecule has 2 N–H and O–H groups in total. The summed E-state index contributed by atoms with van der Waals surface area (Å²) in [5.41, 5.74) is 0.625. The first-order chi connectivity index (χ1) is 34.5. The van der Waals surface area contributed by atoms with E-state index in [1.807, 2.05) is 95.3 Å². The molecule has 3 aromatic carbocycles. The summed E-state index contributed by atoms with van der Waals surface area (Å²) >= 11 is 5.65. The van der Waals surface area contributed by atoms with Crippen molar-refractivity contribution in [2.24, 2.45) is 5.41 Å². The topological polar surface area (TPSA) is 191 Å². The number of aliphatic hydroxyl groups is 1. The smallest absolute Gasteiger partial charge is 0.419 e. The lowest BCUT2D eigenvalue weighted by atomic mass is 9.85. The average molecular weight is 1020 g/mol. The molecular weight excluding hydrogens is 964 g/mol. The van der Waals surface area contributed by atoms with Gasteiger partial charge in [0.1, 0.15) is 30.0 Å². The number of likely N-dealkylation sites (tertiary alicyclic amines) is 1. The number of ketones is 1. The number of anilines is 2. The third kappa shape index (κ3) is 12.1. The lowest BCUT2D eigenvalue weighted by Gasteiger charge is -2.35. The normalized spacial score (nSPS) is 17.6. The van der Waals surface area contributed by atoms with Gasteiger partial charge in [0, 0.05) is 37.2 Å². The molecule has 2 aliphatic rings. The zero-order valence-electron chi connectivity index (χ0n) is 41.7. The number of nitriles is 1. The van der Waals surface area contributed by atoms with Crippen molar-refractivity contribution in [3.8, 4) is 34.3 Å². The van der Waals surface area contributed by atoms with E-state index >= 15 is 0 Å². The van der Waals surface area contributed by atoms with Gasteiger partial charge in [0.05, 0.1) is 41.9 Å². The number of carbonyl (C=O) groups excluding carboxylic acids is 4. The number of pyridine rings is 1. The van der Waals surface area contributed by atoms with Gasteiger partial charge in [-0.25, -0.2) is 9.97 Å². The molecule has 5 aromatic rings. The molecular formula is C54H58F3N7O8S. The van der Waals surface area contributed by atoms with E-state index in [2.05, 4.69) is 15.3 Å². The van der Waals surface area contributed by atoms with Crippen LogP contribution in [-0.4, -0.2) is 98.7 Å². The molecule has 0 saturated carbocycles. The largest absolute Gasteiger partial charge is 0.494 e. The van der Waals surface area contributed by atoms with Crippen LogP contribution < -0.4 is 19.9 Å². The fourth-order valence-corrected chi connectivity index (χ4v) is 9.54. The lowest BCUT2D eigenvalue weighted by Crippen LogP contribution is -2.57. The van der Waals surface area contributed by atoms with E-state index in [4.69, 9.17) is 26.1 Å². The number of β-amino-alcohol motifs (C(OH)–C–C–N with tert-alkyl or cyclic N) is 1. The van der Waals surface area contributed by atoms with Crippen molar-refractivity contribution in [2.75, 3.05) is 36.2 Å². The van der Waals surface area contributed by atoms with Crippen molar-refractivity contribution >= 4 is 52.2 Å². The number of aryl methyl sites for hydroxylation is 1. The quantitative estimate of drug-likeness (QED) is 0.0625. The molecule has 4 atom stereocenters. The fourth-order valence-electron chi connectivity index (χ4n) is 9.02. The highest BCUT2D eigenvalue weighted by atomic mass is 32.1. The maximum absolute atomic E-state index is 14.1. The number of amides is 3. The number of nitrogens with zero attached hydrogens (tertiary/aromatic N) is 6. The molecule has 2 fully saturated rings. The Hall–Kier alpha value is -7.01. The molecule has 73 heavy (non-hydrogen) atoms. The maximum atomic E-state index is 14.1. The summed E-state index contributed by atoms with van der Waals surface area (Å²) in [5.74, 6) is -0.468. The van der Waals surface area contributed by atoms with Crippen LogP contribution >= 0.6 is 12.2 Å². The Morgan fingerprint density at radius 2 is 1.59 bits per heavy atom. The molecule has 0 spiro atoms. The highest BCUT2D eigenvalue weighted by Crippen LogP contribution is 2.40. The van der Waals surface area contributed by atoms with Gasteiger partial charge >= 0.3 is 6.18 Å². The number of hydrogen-bond acceptors (Lipinski definition) is 12. The summed E-state index contributed by atoms with van der Waals surface area (Å²) < 4.78 is 58.3. The van der Waals surface area contributed by atoms with Crippen molar-refractivity contribution in [3.05, 3.63) is 114 Å². The minimum Gasteiger partial charge on any atom is -0.494 e. The van der Waals surface area contributed by atoms with Crippen molar-refractivity contribution in [3.63, 3.8) is 0 Å². The van der Waals surface area contributed by atoms with E-state index in [9.17, 15) is 42.7 Å². The van der Waals surface area contributed by atoms with Crippen LogP contribution in [-0.2, 0) is 30.1 Å². The van der Waals surface area contributed by atoms with Gasteiger partial charge < -0.3 is 34.1 Å². The Labute approximate surface area is 427 Å². The van der Waals surface area contributed by atoms with Gasteiger partial charge in [-0.3, -0.25) is 24.1 Å². The summed E-state index contributed by atoms with van der Waals surface area (Å²) in [6.45, 7) is 12.9. The van der Waals surface area contributed by atoms with Gasteiger partial charge in [0.25, 0.3) is 5.91 Å². The summed E-state index contributed by atoms with van der Waals surface area (Å²) in [6, 6.07) is 22.7. The Balaban J connectivity index is 0.847. The monoisotopic (exact) mass is 1020 g/mol. The van der Waals surface area contributed by atoms with Crippen LogP contribution in [0.4, 0.5) is 24.5 Å². The predicted molar refractivity (Wildman–Crippen MR) is 270 cm³/mol. The number of ether oxygens (including phenoxy) is 2. The van der Waals surface area contributed by atoms with Crippen LogP contribution in [0.15, 0.2) is 95.9 Å². The third-order valence-corrected chi connectivity index (χ3v) is 13.4. The number of aromatic nitrogens is 2. The van der Waals surface area contributed by atoms with Crippen LogP contribution in [0.25, 0.3) is 22.5 Å². The number of halogens is 3. The number of thiocarbonyl (C=S) groups is 1. The van der Waals surface area contributed by atoms with E-state index in [-0.39, 0.29) is 55.1 Å². The van der Waals surface area contributed by atoms with E-state index in [0.29, 0.717) is 42.7 Å². The van der Waals surface area contributed by atoms with Gasteiger partial charge in [-0.15, -0.1) is 0 Å². The number of benzene rings is 3. The van der Waals surface area contributed by atoms with Crippen LogP contribution in [0.5, 0.6) is 5.75 Å². The standard InChI is InChI=1S/C54H58F3N7O8S/c1-32(34-10-12-37(13-11-34)47-33(2)60-31-72-47)24-45(66)44-26-40(65)29-62(44)49(68)48(52(3,4)5)61-46(67)30-70-22-8-9-23-71-41-20-16-36(17-21-41)35-14-18-38(19-15-35)64-51(73)63(50(69)53(64,6)7)39-25-42(54(55,56)57)43(27-58)59-28-39/h10-21,25,28,31-32,40,44,48,65H,8-9,22-24,26,29-30H2,1-7H3,(H,61,67)/t32-,40-,44+,48-/m1/s1. The van der Waals surface area contributed by atoms with E-state index in [1.165, 1.54) is 17.4 Å². The molecule has 2 saturated heterocycles. The maximum Gasteiger partial charge on any atom is 0.419 e. The zero-order valence-corrected chi connectivity index (χ0v) is 42.5. The first kappa shape index (κ1) is 53.8. The number of alkyl halides is 3. The Morgan fingerprint density at radius 3 is 2.19 bits per heavy atom. The molecule has 2 aliphatic heterocycles. The SMILES string of the molecule is Cc1ncoc1-c1ccc([C@H](C)CC(=O)[C@@H]2C[C@@H](O)CN2C(=O)[C@@H](NC(=O)COCCCCOc2ccc(-c3ccc(N4C(=S)N(c5cnc(C#N)c(C(F)(F)F)c5)C(=O)C4(C)C)cc3)cc2)C(C)(C)C)cc1. The molecule has 4 heterocycles. The van der Waals surface area contributed by atoms with Gasteiger partial charge in [-0.1, -0.05) is 76.2 Å². The highest BCUT2D eigenvalue weighted by molar-refractivity contribution is 7.81. The number of unbranched alkanes of at least 4 members (excludes halogenated alkanes) is 1. The minimum absolute atomic E-state index is 0.0141. The van der Waals surface area contributed by atoms with Crippen molar-refractivity contribution in [2.45, 2.75) is 110 Å². The molecule has 0 radical (unpaired) electrons. The van der Waals surface area contributed by atoms with E-state index < -0.39 is 64.3 Å². The van der Waals surface area contributed by atoms with Crippen LogP contribution in [0.1, 0.15) is 95.7 Å². The molecule has 2 aromatic heterocycles. The Kier molecular flexibility index (Phi) is 16.2. The van der Waals surface area contributed by atoms with Crippen molar-refractivity contribution in [1.29, 1.82) is 5.26 Å². The average Bonchev–Trinajstić information content (AvgIpc) is 4.01. The summed E-state index contributed by atoms with van der Waals surface area (Å²) in [4.78, 5) is 66.4. The number of Topliss-reactive ketones (excluding diaryl/α,β-unsaturated/α-hetero) is 1. The summed E-state index contributed by atoms with van der Waals surface area (Å²) in [6.07, 6.45) is -1.81. The van der Waals surface area contributed by atoms with Gasteiger partial charge in [-0.2, -0.15) is 18.4 Å². The first-order valence-corrected chi connectivity index (χ1v) is 24.3. The predicted octanol–water partition coefficient (Wildman–Crippen LogP) is 8.95. The Bertz CT molecular complexity index is 2880. The molecule has 0 aliphatic carbocycles. The molecule has 384 valence electrons.